The first-order chi connectivity index (χ1) is 10.7. The summed E-state index contributed by atoms with van der Waals surface area (Å²) in [7, 11) is 0. The standard InChI is InChI=1S/C16H31N3O3/c1-2-22-16(21)15-4-3-5-19(14-15)11-10-17-6-8-18(9-7-17)12-13-20/h15,20H,2-14H2,1H3. The lowest BCUT2D eigenvalue weighted by molar-refractivity contribution is -0.149. The van der Waals surface area contributed by atoms with E-state index in [4.69, 9.17) is 9.84 Å². The lowest BCUT2D eigenvalue weighted by atomic mass is 9.98. The van der Waals surface area contributed by atoms with Gasteiger partial charge in [-0.05, 0) is 26.3 Å². The van der Waals surface area contributed by atoms with Gasteiger partial charge < -0.3 is 14.7 Å². The van der Waals surface area contributed by atoms with Gasteiger partial charge in [-0.3, -0.25) is 14.6 Å². The highest BCUT2D eigenvalue weighted by Crippen LogP contribution is 2.17. The maximum Gasteiger partial charge on any atom is 0.310 e. The van der Waals surface area contributed by atoms with Gasteiger partial charge in [0, 0.05) is 52.4 Å². The molecule has 6 nitrogen and oxygen atoms in total. The Bertz CT molecular complexity index is 333. The molecule has 22 heavy (non-hydrogen) atoms. The fourth-order valence-corrected chi connectivity index (χ4v) is 3.37. The zero-order valence-electron chi connectivity index (χ0n) is 13.9. The number of likely N-dealkylation sites (tertiary alicyclic amines) is 1. The Labute approximate surface area is 134 Å². The van der Waals surface area contributed by atoms with Crippen molar-refractivity contribution < 1.29 is 14.6 Å². The minimum absolute atomic E-state index is 0.0233. The van der Waals surface area contributed by atoms with E-state index in [1.165, 1.54) is 0 Å². The highest BCUT2D eigenvalue weighted by atomic mass is 16.5. The van der Waals surface area contributed by atoms with Crippen LogP contribution in [0.1, 0.15) is 19.8 Å². The second-order valence-corrected chi connectivity index (χ2v) is 6.30. The highest BCUT2D eigenvalue weighted by molar-refractivity contribution is 5.72. The SMILES string of the molecule is CCOC(=O)C1CCCN(CCN2CCN(CCO)CC2)C1. The fourth-order valence-electron chi connectivity index (χ4n) is 3.37. The molecule has 0 aromatic carbocycles. The number of aliphatic hydroxyl groups is 1. The lowest BCUT2D eigenvalue weighted by Crippen LogP contribution is -2.50. The molecule has 2 heterocycles. The monoisotopic (exact) mass is 313 g/mol. The second-order valence-electron chi connectivity index (χ2n) is 6.30. The van der Waals surface area contributed by atoms with E-state index in [1.807, 2.05) is 6.92 Å². The largest absolute Gasteiger partial charge is 0.466 e. The van der Waals surface area contributed by atoms with Crippen molar-refractivity contribution in [3.05, 3.63) is 0 Å². The number of aliphatic hydroxyl groups excluding tert-OH is 1. The van der Waals surface area contributed by atoms with E-state index in [0.29, 0.717) is 6.61 Å². The van der Waals surface area contributed by atoms with Crippen LogP contribution in [0.25, 0.3) is 0 Å². The number of carbonyl (C=O) groups is 1. The number of β-amino-alcohol motifs (C(OH)–C–C–N with tert-alkyl or cyclic N) is 1. The van der Waals surface area contributed by atoms with Gasteiger partial charge in [-0.1, -0.05) is 0 Å². The topological polar surface area (TPSA) is 56.2 Å². The van der Waals surface area contributed by atoms with Crippen molar-refractivity contribution in [2.24, 2.45) is 5.92 Å². The van der Waals surface area contributed by atoms with Gasteiger partial charge in [0.05, 0.1) is 19.1 Å². The third-order valence-corrected chi connectivity index (χ3v) is 4.74. The molecule has 1 N–H and O–H groups in total. The molecular weight excluding hydrogens is 282 g/mol. The van der Waals surface area contributed by atoms with Gasteiger partial charge in [0.1, 0.15) is 0 Å². The van der Waals surface area contributed by atoms with Crippen LogP contribution in [-0.2, 0) is 9.53 Å². The van der Waals surface area contributed by atoms with Crippen LogP contribution in [0.15, 0.2) is 0 Å². The molecule has 1 unspecified atom stereocenters. The van der Waals surface area contributed by atoms with Gasteiger partial charge in [0.15, 0.2) is 0 Å². The number of hydrogen-bond acceptors (Lipinski definition) is 6. The molecule has 0 spiro atoms. The predicted molar refractivity (Wildman–Crippen MR) is 85.8 cm³/mol. The summed E-state index contributed by atoms with van der Waals surface area (Å²) in [5.74, 6) is 0.0416. The molecule has 2 fully saturated rings. The molecule has 0 amide bonds. The van der Waals surface area contributed by atoms with Crippen molar-refractivity contribution in [3.63, 3.8) is 0 Å². The van der Waals surface area contributed by atoms with E-state index in [1.54, 1.807) is 0 Å². The normalized spacial score (nSPS) is 25.3. The van der Waals surface area contributed by atoms with Crippen LogP contribution < -0.4 is 0 Å². The van der Waals surface area contributed by atoms with Gasteiger partial charge in [0.2, 0.25) is 0 Å². The van der Waals surface area contributed by atoms with Crippen molar-refractivity contribution in [2.45, 2.75) is 19.8 Å². The number of ether oxygens (including phenoxy) is 1. The predicted octanol–water partition coefficient (Wildman–Crippen LogP) is -0.129. The molecule has 0 aromatic rings. The van der Waals surface area contributed by atoms with Crippen molar-refractivity contribution in [1.82, 2.24) is 14.7 Å². The third-order valence-electron chi connectivity index (χ3n) is 4.74. The van der Waals surface area contributed by atoms with Gasteiger partial charge in [-0.15, -0.1) is 0 Å². The molecule has 2 aliphatic heterocycles. The van der Waals surface area contributed by atoms with Gasteiger partial charge >= 0.3 is 5.97 Å². The second kappa shape index (κ2) is 9.45. The number of carbonyl (C=O) groups excluding carboxylic acids is 1. The number of esters is 1. The maximum absolute atomic E-state index is 11.9. The lowest BCUT2D eigenvalue weighted by Gasteiger charge is -2.37. The first-order valence-electron chi connectivity index (χ1n) is 8.67. The molecule has 2 aliphatic rings. The molecule has 6 heteroatoms. The van der Waals surface area contributed by atoms with E-state index < -0.39 is 0 Å². The molecule has 2 saturated heterocycles. The zero-order chi connectivity index (χ0) is 15.8. The molecule has 0 aromatic heterocycles. The highest BCUT2D eigenvalue weighted by Gasteiger charge is 2.27. The van der Waals surface area contributed by atoms with E-state index in [0.717, 1.165) is 71.7 Å². The summed E-state index contributed by atoms with van der Waals surface area (Å²) < 4.78 is 5.16. The van der Waals surface area contributed by atoms with Crippen LogP contribution in [0.3, 0.4) is 0 Å². The fraction of sp³-hybridized carbons (Fsp3) is 0.938. The Morgan fingerprint density at radius 1 is 1.05 bits per heavy atom. The minimum atomic E-state index is -0.0233. The minimum Gasteiger partial charge on any atom is -0.466 e. The summed E-state index contributed by atoms with van der Waals surface area (Å²) in [4.78, 5) is 19.1. The number of hydrogen-bond donors (Lipinski definition) is 1. The molecular formula is C16H31N3O3. The van der Waals surface area contributed by atoms with Crippen molar-refractivity contribution in [3.8, 4) is 0 Å². The summed E-state index contributed by atoms with van der Waals surface area (Å²) in [6, 6.07) is 0. The molecule has 0 saturated carbocycles. The van der Waals surface area contributed by atoms with Crippen LogP contribution in [0.5, 0.6) is 0 Å². The number of rotatable bonds is 7. The Hall–Kier alpha value is -0.690. The van der Waals surface area contributed by atoms with E-state index >= 15 is 0 Å². The smallest absolute Gasteiger partial charge is 0.310 e. The van der Waals surface area contributed by atoms with E-state index in [9.17, 15) is 4.79 Å². The Morgan fingerprint density at radius 3 is 2.32 bits per heavy atom. The Morgan fingerprint density at radius 2 is 1.68 bits per heavy atom. The number of piperazine rings is 1. The Balaban J connectivity index is 1.65. The van der Waals surface area contributed by atoms with E-state index in [2.05, 4.69) is 14.7 Å². The number of nitrogens with zero attached hydrogens (tertiary/aromatic N) is 3. The number of piperidine rings is 1. The molecule has 1 atom stereocenters. The van der Waals surface area contributed by atoms with Crippen LogP contribution in [0.4, 0.5) is 0 Å². The average molecular weight is 313 g/mol. The summed E-state index contributed by atoms with van der Waals surface area (Å²) in [5.41, 5.74) is 0. The van der Waals surface area contributed by atoms with Crippen LogP contribution in [0.2, 0.25) is 0 Å². The quantitative estimate of drug-likeness (QED) is 0.661. The Kier molecular flexibility index (Phi) is 7.59. The molecule has 0 radical (unpaired) electrons. The van der Waals surface area contributed by atoms with Crippen LogP contribution in [-0.4, -0.2) is 97.9 Å². The van der Waals surface area contributed by atoms with Gasteiger partial charge in [0.25, 0.3) is 0 Å². The van der Waals surface area contributed by atoms with Crippen LogP contribution >= 0.6 is 0 Å². The molecule has 2 rings (SSSR count). The average Bonchev–Trinajstić information content (AvgIpc) is 2.55. The van der Waals surface area contributed by atoms with Crippen molar-refractivity contribution in [1.29, 1.82) is 0 Å². The van der Waals surface area contributed by atoms with Gasteiger partial charge in [-0.2, -0.15) is 0 Å². The molecule has 128 valence electrons. The summed E-state index contributed by atoms with van der Waals surface area (Å²) >= 11 is 0. The summed E-state index contributed by atoms with van der Waals surface area (Å²) in [6.45, 7) is 11.7. The zero-order valence-corrected chi connectivity index (χ0v) is 13.9. The van der Waals surface area contributed by atoms with Gasteiger partial charge in [-0.25, -0.2) is 0 Å². The third kappa shape index (κ3) is 5.50. The molecule has 0 bridgehead atoms. The van der Waals surface area contributed by atoms with Crippen molar-refractivity contribution in [2.75, 3.05) is 72.1 Å². The first-order valence-corrected chi connectivity index (χ1v) is 8.67. The van der Waals surface area contributed by atoms with E-state index in [-0.39, 0.29) is 18.5 Å². The first kappa shape index (κ1) is 17.7. The summed E-state index contributed by atoms with van der Waals surface area (Å²) in [6.07, 6.45) is 2.06. The summed E-state index contributed by atoms with van der Waals surface area (Å²) in [5, 5.41) is 8.97. The maximum atomic E-state index is 11.9. The van der Waals surface area contributed by atoms with Crippen molar-refractivity contribution >= 4 is 5.97 Å². The molecule has 0 aliphatic carbocycles. The van der Waals surface area contributed by atoms with Crippen LogP contribution in [0, 0.1) is 5.92 Å².